The number of aromatic nitrogens is 1. The number of carbonyl (C=O) groups is 2. The maximum Gasteiger partial charge on any atom is 0.328 e. The number of sulfonamides is 1. The molecule has 0 radical (unpaired) electrons. The van der Waals surface area contributed by atoms with Crippen LogP contribution in [-0.4, -0.2) is 51.0 Å². The van der Waals surface area contributed by atoms with Gasteiger partial charge in [-0.25, -0.2) is 22.9 Å². The van der Waals surface area contributed by atoms with Gasteiger partial charge in [-0.3, -0.25) is 4.79 Å². The van der Waals surface area contributed by atoms with Crippen LogP contribution in [0.4, 0.5) is 0 Å². The minimum Gasteiger partial charge on any atom is -0.464 e. The summed E-state index contributed by atoms with van der Waals surface area (Å²) in [5.41, 5.74) is 6.46. The minimum absolute atomic E-state index is 0.0496. The largest absolute Gasteiger partial charge is 0.464 e. The third kappa shape index (κ3) is 7.74. The summed E-state index contributed by atoms with van der Waals surface area (Å²) in [5, 5.41) is 2.61. The van der Waals surface area contributed by atoms with Crippen molar-refractivity contribution in [2.24, 2.45) is 5.73 Å². The van der Waals surface area contributed by atoms with Crippen molar-refractivity contribution in [1.82, 2.24) is 15.0 Å². The number of hydrogen-bond donors (Lipinski definition) is 3. The molecule has 176 valence electrons. The maximum atomic E-state index is 12.4. The molecule has 1 heterocycles. The Morgan fingerprint density at radius 1 is 1.22 bits per heavy atom. The molecular weight excluding hydrogens is 436 g/mol. The number of oxazole rings is 1. The number of hydrogen-bond acceptors (Lipinski definition) is 8. The van der Waals surface area contributed by atoms with Crippen LogP contribution in [0.1, 0.15) is 48.1 Å². The smallest absolute Gasteiger partial charge is 0.328 e. The average molecular weight is 467 g/mol. The van der Waals surface area contributed by atoms with Gasteiger partial charge in [0.15, 0.2) is 11.6 Å². The fourth-order valence-electron chi connectivity index (χ4n) is 2.86. The molecule has 0 aliphatic carbocycles. The monoisotopic (exact) mass is 466 g/mol. The molecule has 1 atom stereocenters. The van der Waals surface area contributed by atoms with Gasteiger partial charge in [0.25, 0.3) is 5.91 Å². The SMILES string of the molecule is CCOC(=O)C(CCCCNS(=O)(=O)c1ccc(C)cc1)NC(=O)c1coc(CCN)n1. The van der Waals surface area contributed by atoms with Gasteiger partial charge in [0, 0.05) is 19.5 Å². The number of carbonyl (C=O) groups excluding carboxylic acids is 2. The van der Waals surface area contributed by atoms with Crippen molar-refractivity contribution in [3.05, 3.63) is 47.7 Å². The second-order valence-electron chi connectivity index (χ2n) is 7.15. The summed E-state index contributed by atoms with van der Waals surface area (Å²) in [6.07, 6.45) is 2.85. The summed E-state index contributed by atoms with van der Waals surface area (Å²) < 4.78 is 37.4. The Kier molecular flexibility index (Phi) is 9.82. The first kappa shape index (κ1) is 25.5. The van der Waals surface area contributed by atoms with Gasteiger partial charge >= 0.3 is 5.97 Å². The Hall–Kier alpha value is -2.76. The highest BCUT2D eigenvalue weighted by atomic mass is 32.2. The summed E-state index contributed by atoms with van der Waals surface area (Å²) in [6, 6.07) is 5.68. The number of nitrogens with zero attached hydrogens (tertiary/aromatic N) is 1. The number of nitrogens with two attached hydrogens (primary N) is 1. The first-order valence-corrected chi connectivity index (χ1v) is 11.9. The van der Waals surface area contributed by atoms with Crippen molar-refractivity contribution < 1.29 is 27.2 Å². The van der Waals surface area contributed by atoms with Crippen LogP contribution < -0.4 is 15.8 Å². The van der Waals surface area contributed by atoms with Crippen LogP contribution in [0.15, 0.2) is 39.8 Å². The van der Waals surface area contributed by atoms with Crippen molar-refractivity contribution >= 4 is 21.9 Å². The summed E-state index contributed by atoms with van der Waals surface area (Å²) in [6.45, 7) is 4.26. The lowest BCUT2D eigenvalue weighted by molar-refractivity contribution is -0.145. The average Bonchev–Trinajstić information content (AvgIpc) is 3.22. The van der Waals surface area contributed by atoms with E-state index in [-0.39, 0.29) is 30.2 Å². The van der Waals surface area contributed by atoms with Crippen LogP contribution in [0.3, 0.4) is 0 Å². The Bertz CT molecular complexity index is 988. The number of amides is 1. The molecule has 0 saturated heterocycles. The van der Waals surface area contributed by atoms with Crippen molar-refractivity contribution in [1.29, 1.82) is 0 Å². The zero-order chi connectivity index (χ0) is 23.6. The molecule has 10 nitrogen and oxygen atoms in total. The predicted octanol–water partition coefficient (Wildman–Crippen LogP) is 1.29. The molecule has 32 heavy (non-hydrogen) atoms. The van der Waals surface area contributed by atoms with Crippen LogP contribution in [0.2, 0.25) is 0 Å². The Morgan fingerprint density at radius 3 is 2.59 bits per heavy atom. The molecule has 2 aromatic rings. The molecule has 0 aliphatic rings. The Labute approximate surface area is 188 Å². The highest BCUT2D eigenvalue weighted by Gasteiger charge is 2.24. The predicted molar refractivity (Wildman–Crippen MR) is 117 cm³/mol. The molecule has 1 amide bonds. The maximum absolute atomic E-state index is 12.4. The van der Waals surface area contributed by atoms with Gasteiger partial charge in [-0.05, 0) is 45.2 Å². The van der Waals surface area contributed by atoms with E-state index in [0.717, 1.165) is 5.56 Å². The number of benzene rings is 1. The van der Waals surface area contributed by atoms with E-state index in [1.54, 1.807) is 31.2 Å². The highest BCUT2D eigenvalue weighted by Crippen LogP contribution is 2.11. The van der Waals surface area contributed by atoms with Gasteiger partial charge in [0.1, 0.15) is 12.3 Å². The van der Waals surface area contributed by atoms with Gasteiger partial charge < -0.3 is 20.2 Å². The molecule has 1 unspecified atom stereocenters. The van der Waals surface area contributed by atoms with Crippen LogP contribution in [0.5, 0.6) is 0 Å². The van der Waals surface area contributed by atoms with Gasteiger partial charge in [0.2, 0.25) is 10.0 Å². The topological polar surface area (TPSA) is 154 Å². The van der Waals surface area contributed by atoms with Crippen LogP contribution in [0.25, 0.3) is 0 Å². The van der Waals surface area contributed by atoms with E-state index in [4.69, 9.17) is 14.9 Å². The molecule has 1 aromatic heterocycles. The lowest BCUT2D eigenvalue weighted by atomic mass is 10.1. The number of unbranched alkanes of at least 4 members (excludes halogenated alkanes) is 1. The molecule has 0 bridgehead atoms. The van der Waals surface area contributed by atoms with Crippen LogP contribution >= 0.6 is 0 Å². The molecule has 4 N–H and O–H groups in total. The summed E-state index contributed by atoms with van der Waals surface area (Å²) >= 11 is 0. The van der Waals surface area contributed by atoms with Crippen LogP contribution in [0, 0.1) is 6.92 Å². The van der Waals surface area contributed by atoms with E-state index in [9.17, 15) is 18.0 Å². The van der Waals surface area contributed by atoms with E-state index in [2.05, 4.69) is 15.0 Å². The number of ether oxygens (including phenoxy) is 1. The van der Waals surface area contributed by atoms with Gasteiger partial charge in [0.05, 0.1) is 11.5 Å². The van der Waals surface area contributed by atoms with Gasteiger partial charge in [-0.15, -0.1) is 0 Å². The minimum atomic E-state index is -3.60. The molecule has 11 heteroatoms. The zero-order valence-electron chi connectivity index (χ0n) is 18.3. The van der Waals surface area contributed by atoms with E-state index in [1.807, 2.05) is 6.92 Å². The Balaban J connectivity index is 1.86. The summed E-state index contributed by atoms with van der Waals surface area (Å²) in [5.74, 6) is -0.784. The van der Waals surface area contributed by atoms with Crippen molar-refractivity contribution in [2.75, 3.05) is 19.7 Å². The first-order valence-electron chi connectivity index (χ1n) is 10.4. The number of aryl methyl sites for hydroxylation is 1. The molecule has 1 aromatic carbocycles. The quantitative estimate of drug-likeness (QED) is 0.295. The molecule has 2 rings (SSSR count). The third-order valence-electron chi connectivity index (χ3n) is 4.56. The van der Waals surface area contributed by atoms with Crippen molar-refractivity contribution in [3.63, 3.8) is 0 Å². The molecule has 0 fully saturated rings. The summed E-state index contributed by atoms with van der Waals surface area (Å²) in [7, 11) is -3.60. The molecule has 0 saturated carbocycles. The number of esters is 1. The first-order chi connectivity index (χ1) is 15.3. The van der Waals surface area contributed by atoms with Crippen molar-refractivity contribution in [3.8, 4) is 0 Å². The highest BCUT2D eigenvalue weighted by molar-refractivity contribution is 7.89. The zero-order valence-corrected chi connectivity index (χ0v) is 19.1. The molecule has 0 spiro atoms. The normalized spacial score (nSPS) is 12.3. The Morgan fingerprint density at radius 2 is 1.94 bits per heavy atom. The van der Waals surface area contributed by atoms with E-state index < -0.39 is 27.9 Å². The van der Waals surface area contributed by atoms with Crippen LogP contribution in [-0.2, 0) is 26.0 Å². The van der Waals surface area contributed by atoms with Gasteiger partial charge in [-0.2, -0.15) is 0 Å². The standard InChI is InChI=1S/C21H30N4O6S/c1-3-30-21(27)17(25-20(26)18-14-31-19(24-18)11-12-22)6-4-5-13-23-32(28,29)16-9-7-15(2)8-10-16/h7-10,14,17,23H,3-6,11-13,22H2,1-2H3,(H,25,26). The van der Waals surface area contributed by atoms with Crippen molar-refractivity contribution in [2.45, 2.75) is 50.5 Å². The number of rotatable bonds is 13. The van der Waals surface area contributed by atoms with Gasteiger partial charge in [-0.1, -0.05) is 17.7 Å². The second-order valence-corrected chi connectivity index (χ2v) is 8.92. The van der Waals surface area contributed by atoms with E-state index in [0.29, 0.717) is 31.7 Å². The number of nitrogens with one attached hydrogen (secondary N) is 2. The fraction of sp³-hybridized carbons (Fsp3) is 0.476. The second kappa shape index (κ2) is 12.3. The lowest BCUT2D eigenvalue weighted by Gasteiger charge is -2.16. The lowest BCUT2D eigenvalue weighted by Crippen LogP contribution is -2.42. The summed E-state index contributed by atoms with van der Waals surface area (Å²) in [4.78, 5) is 28.9. The molecular formula is C21H30N4O6S. The van der Waals surface area contributed by atoms with E-state index >= 15 is 0 Å². The fourth-order valence-corrected chi connectivity index (χ4v) is 3.93. The van der Waals surface area contributed by atoms with E-state index in [1.165, 1.54) is 6.26 Å². The molecule has 0 aliphatic heterocycles. The third-order valence-corrected chi connectivity index (χ3v) is 6.04.